The fraction of sp³-hybridized carbons (Fsp3) is 0.105. The van der Waals surface area contributed by atoms with Crippen LogP contribution in [0.3, 0.4) is 0 Å². The van der Waals surface area contributed by atoms with Gasteiger partial charge >= 0.3 is 0 Å². The molecule has 0 aliphatic carbocycles. The van der Waals surface area contributed by atoms with Crippen LogP contribution in [-0.4, -0.2) is 21.1 Å². The first-order valence-electron chi connectivity index (χ1n) is 7.15. The van der Waals surface area contributed by atoms with E-state index in [0.29, 0.717) is 11.1 Å². The number of aliphatic hydroxyl groups excluding tert-OH is 2. The molecule has 3 N–H and O–H groups in total. The maximum Gasteiger partial charge on any atom is 0.178 e. The van der Waals surface area contributed by atoms with E-state index in [9.17, 15) is 15.0 Å². The molecule has 0 aliphatic heterocycles. The Hall–Kier alpha value is -2.69. The lowest BCUT2D eigenvalue weighted by Crippen LogP contribution is -1.94. The van der Waals surface area contributed by atoms with Crippen molar-refractivity contribution in [1.29, 1.82) is 0 Å². The summed E-state index contributed by atoms with van der Waals surface area (Å²) in [6, 6.07) is 11.8. The van der Waals surface area contributed by atoms with Crippen LogP contribution in [0.15, 0.2) is 54.6 Å². The van der Waals surface area contributed by atoms with Gasteiger partial charge in [-0.3, -0.25) is 4.79 Å². The molecule has 0 saturated heterocycles. The van der Waals surface area contributed by atoms with Crippen molar-refractivity contribution < 1.29 is 20.1 Å². The minimum atomic E-state index is -0.190. The Bertz CT molecular complexity index is 745. The first kappa shape index (κ1) is 16.7. The fourth-order valence-corrected chi connectivity index (χ4v) is 2.09. The van der Waals surface area contributed by atoms with Gasteiger partial charge in [-0.2, -0.15) is 0 Å². The Morgan fingerprint density at radius 2 is 1.52 bits per heavy atom. The Kier molecular flexibility index (Phi) is 5.86. The van der Waals surface area contributed by atoms with E-state index in [4.69, 9.17) is 5.11 Å². The van der Waals surface area contributed by atoms with Crippen molar-refractivity contribution in [3.8, 4) is 5.75 Å². The SMILES string of the molecule is O=C(/C=C/c1cccc(O)c1)/C=C/c1ccc(CO)c(CO)c1. The molecule has 0 radical (unpaired) electrons. The number of benzene rings is 2. The van der Waals surface area contributed by atoms with E-state index in [1.165, 1.54) is 12.2 Å². The number of carbonyl (C=O) groups excluding carboxylic acids is 1. The molecule has 23 heavy (non-hydrogen) atoms. The standard InChI is InChI=1S/C19H18O4/c20-12-16-7-4-15(10-17(16)13-21)6-9-18(22)8-5-14-2-1-3-19(23)11-14/h1-11,20-21,23H,12-13H2/b8-5+,9-6+. The van der Waals surface area contributed by atoms with Crippen LogP contribution >= 0.6 is 0 Å². The second-order valence-corrected chi connectivity index (χ2v) is 5.01. The van der Waals surface area contributed by atoms with Gasteiger partial charge < -0.3 is 15.3 Å². The van der Waals surface area contributed by atoms with Crippen molar-refractivity contribution in [1.82, 2.24) is 0 Å². The topological polar surface area (TPSA) is 77.8 Å². The lowest BCUT2D eigenvalue weighted by atomic mass is 10.0. The highest BCUT2D eigenvalue weighted by Crippen LogP contribution is 2.14. The minimum Gasteiger partial charge on any atom is -0.508 e. The molecule has 0 unspecified atom stereocenters. The molecule has 2 aromatic carbocycles. The van der Waals surface area contributed by atoms with Crippen LogP contribution in [0, 0.1) is 0 Å². The third kappa shape index (κ3) is 4.92. The first-order valence-corrected chi connectivity index (χ1v) is 7.15. The Morgan fingerprint density at radius 1 is 0.870 bits per heavy atom. The zero-order valence-electron chi connectivity index (χ0n) is 12.5. The molecule has 0 spiro atoms. The summed E-state index contributed by atoms with van der Waals surface area (Å²) in [6.45, 7) is -0.297. The summed E-state index contributed by atoms with van der Waals surface area (Å²) < 4.78 is 0. The summed E-state index contributed by atoms with van der Waals surface area (Å²) in [4.78, 5) is 11.8. The summed E-state index contributed by atoms with van der Waals surface area (Å²) in [5.74, 6) is -0.0410. The van der Waals surface area contributed by atoms with Crippen LogP contribution in [0.5, 0.6) is 5.75 Å². The number of ketones is 1. The van der Waals surface area contributed by atoms with Crippen LogP contribution < -0.4 is 0 Å². The average Bonchev–Trinajstić information content (AvgIpc) is 2.57. The number of phenols is 1. The van der Waals surface area contributed by atoms with Gasteiger partial charge in [0.05, 0.1) is 13.2 Å². The highest BCUT2D eigenvalue weighted by molar-refractivity contribution is 6.04. The Morgan fingerprint density at radius 3 is 2.13 bits per heavy atom. The third-order valence-electron chi connectivity index (χ3n) is 3.32. The molecule has 0 atom stereocenters. The zero-order valence-corrected chi connectivity index (χ0v) is 12.5. The third-order valence-corrected chi connectivity index (χ3v) is 3.32. The van der Waals surface area contributed by atoms with E-state index in [0.717, 1.165) is 11.1 Å². The van der Waals surface area contributed by atoms with E-state index < -0.39 is 0 Å². The van der Waals surface area contributed by atoms with Gasteiger partial charge in [-0.15, -0.1) is 0 Å². The largest absolute Gasteiger partial charge is 0.508 e. The maximum atomic E-state index is 11.8. The number of allylic oxidation sites excluding steroid dienone is 2. The lowest BCUT2D eigenvalue weighted by Gasteiger charge is -2.05. The Labute approximate surface area is 134 Å². The van der Waals surface area contributed by atoms with E-state index in [2.05, 4.69) is 0 Å². The van der Waals surface area contributed by atoms with Crippen molar-refractivity contribution in [3.05, 3.63) is 76.9 Å². The molecule has 2 aromatic rings. The smallest absolute Gasteiger partial charge is 0.178 e. The van der Waals surface area contributed by atoms with Gasteiger partial charge in [-0.05, 0) is 52.6 Å². The van der Waals surface area contributed by atoms with Gasteiger partial charge in [0.2, 0.25) is 0 Å². The number of aromatic hydroxyl groups is 1. The van der Waals surface area contributed by atoms with Crippen molar-refractivity contribution in [2.24, 2.45) is 0 Å². The lowest BCUT2D eigenvalue weighted by molar-refractivity contribution is -0.110. The maximum absolute atomic E-state index is 11.8. The summed E-state index contributed by atoms with van der Waals surface area (Å²) in [5.41, 5.74) is 2.81. The molecule has 2 rings (SSSR count). The monoisotopic (exact) mass is 310 g/mol. The quantitative estimate of drug-likeness (QED) is 0.717. The van der Waals surface area contributed by atoms with E-state index in [1.54, 1.807) is 54.6 Å². The molecular formula is C19H18O4. The van der Waals surface area contributed by atoms with E-state index in [-0.39, 0.29) is 24.7 Å². The second-order valence-electron chi connectivity index (χ2n) is 5.01. The summed E-state index contributed by atoms with van der Waals surface area (Å²) >= 11 is 0. The van der Waals surface area contributed by atoms with Gasteiger partial charge in [0, 0.05) is 0 Å². The van der Waals surface area contributed by atoms with Crippen LogP contribution in [-0.2, 0) is 18.0 Å². The van der Waals surface area contributed by atoms with E-state index in [1.807, 2.05) is 0 Å². The van der Waals surface area contributed by atoms with Crippen molar-refractivity contribution in [2.45, 2.75) is 13.2 Å². The number of hydrogen-bond acceptors (Lipinski definition) is 4. The van der Waals surface area contributed by atoms with Gasteiger partial charge in [0.1, 0.15) is 5.75 Å². The highest BCUT2D eigenvalue weighted by atomic mass is 16.3. The van der Waals surface area contributed by atoms with Gasteiger partial charge in [0.15, 0.2) is 5.78 Å². The normalized spacial score (nSPS) is 11.4. The highest BCUT2D eigenvalue weighted by Gasteiger charge is 2.01. The molecule has 0 bridgehead atoms. The summed E-state index contributed by atoms with van der Waals surface area (Å²) in [7, 11) is 0. The molecule has 0 amide bonds. The first-order chi connectivity index (χ1) is 11.1. The van der Waals surface area contributed by atoms with Crippen LogP contribution in [0.4, 0.5) is 0 Å². The van der Waals surface area contributed by atoms with Gasteiger partial charge in [-0.1, -0.05) is 36.4 Å². The van der Waals surface area contributed by atoms with Gasteiger partial charge in [-0.25, -0.2) is 0 Å². The number of hydrogen-bond donors (Lipinski definition) is 3. The number of carbonyl (C=O) groups is 1. The van der Waals surface area contributed by atoms with Crippen molar-refractivity contribution in [2.75, 3.05) is 0 Å². The van der Waals surface area contributed by atoms with Gasteiger partial charge in [0.25, 0.3) is 0 Å². The number of rotatable bonds is 6. The van der Waals surface area contributed by atoms with Crippen LogP contribution in [0.2, 0.25) is 0 Å². The molecule has 118 valence electrons. The second kappa shape index (κ2) is 8.08. The summed E-state index contributed by atoms with van der Waals surface area (Å²) in [6.07, 6.45) is 6.12. The predicted molar refractivity (Wildman–Crippen MR) is 89.5 cm³/mol. The summed E-state index contributed by atoms with van der Waals surface area (Å²) in [5, 5.41) is 27.7. The predicted octanol–water partition coefficient (Wildman–Crippen LogP) is 2.67. The van der Waals surface area contributed by atoms with Crippen LogP contribution in [0.1, 0.15) is 22.3 Å². The number of phenolic OH excluding ortho intramolecular Hbond substituents is 1. The fourth-order valence-electron chi connectivity index (χ4n) is 2.09. The van der Waals surface area contributed by atoms with Crippen LogP contribution in [0.25, 0.3) is 12.2 Å². The molecule has 0 aromatic heterocycles. The molecule has 0 heterocycles. The van der Waals surface area contributed by atoms with Crippen molar-refractivity contribution in [3.63, 3.8) is 0 Å². The molecule has 0 saturated carbocycles. The van der Waals surface area contributed by atoms with E-state index >= 15 is 0 Å². The molecule has 0 fully saturated rings. The molecule has 4 heteroatoms. The molecule has 0 aliphatic rings. The minimum absolute atomic E-state index is 0.133. The number of aliphatic hydroxyl groups is 2. The zero-order chi connectivity index (χ0) is 16.7. The Balaban J connectivity index is 2.06. The van der Waals surface area contributed by atoms with Crippen molar-refractivity contribution >= 4 is 17.9 Å². The average molecular weight is 310 g/mol. The molecule has 4 nitrogen and oxygen atoms in total. The molecular weight excluding hydrogens is 292 g/mol.